The van der Waals surface area contributed by atoms with Crippen molar-refractivity contribution in [3.63, 3.8) is 0 Å². The van der Waals surface area contributed by atoms with E-state index < -0.39 is 6.10 Å². The molecule has 2 amide bonds. The average molecular weight is 340 g/mol. The van der Waals surface area contributed by atoms with Crippen molar-refractivity contribution < 1.29 is 9.90 Å². The predicted octanol–water partition coefficient (Wildman–Crippen LogP) is 2.83. The monoisotopic (exact) mass is 339 g/mol. The highest BCUT2D eigenvalue weighted by Gasteiger charge is 2.26. The molecule has 0 radical (unpaired) electrons. The summed E-state index contributed by atoms with van der Waals surface area (Å²) in [6.07, 6.45) is 8.63. The highest BCUT2D eigenvalue weighted by Crippen LogP contribution is 2.25. The number of carbonyl (C=O) groups is 1. The Balaban J connectivity index is 1.72. The fourth-order valence-corrected chi connectivity index (χ4v) is 4.07. The lowest BCUT2D eigenvalue weighted by molar-refractivity contribution is 0.112. The van der Waals surface area contributed by atoms with Gasteiger partial charge in [-0.25, -0.2) is 4.79 Å². The number of hydrogen-bond acceptors (Lipinski definition) is 3. The highest BCUT2D eigenvalue weighted by molar-refractivity contribution is 5.74. The Bertz CT molecular complexity index is 373. The topological polar surface area (TPSA) is 55.8 Å². The third-order valence-electron chi connectivity index (χ3n) is 5.50. The molecule has 2 fully saturated rings. The Morgan fingerprint density at radius 1 is 1.12 bits per heavy atom. The van der Waals surface area contributed by atoms with Gasteiger partial charge in [-0.2, -0.15) is 0 Å². The molecule has 5 nitrogen and oxygen atoms in total. The van der Waals surface area contributed by atoms with Gasteiger partial charge in [0.15, 0.2) is 0 Å². The van der Waals surface area contributed by atoms with Gasteiger partial charge in [0.25, 0.3) is 0 Å². The molecular formula is C19H37N3O2. The lowest BCUT2D eigenvalue weighted by Gasteiger charge is -2.37. The van der Waals surface area contributed by atoms with E-state index in [9.17, 15) is 9.90 Å². The first-order valence-corrected chi connectivity index (χ1v) is 9.93. The van der Waals surface area contributed by atoms with Gasteiger partial charge >= 0.3 is 6.03 Å². The SMILES string of the molecule is CC(C)N(C[C@H](C)O)C(=O)NC1CCN(CC2CCCCC2)CC1. The molecule has 0 unspecified atom stereocenters. The van der Waals surface area contributed by atoms with Crippen LogP contribution in [0.15, 0.2) is 0 Å². The lowest BCUT2D eigenvalue weighted by atomic mass is 9.88. The number of nitrogens with zero attached hydrogens (tertiary/aromatic N) is 2. The number of aliphatic hydroxyl groups excluding tert-OH is 1. The van der Waals surface area contributed by atoms with Crippen LogP contribution in [0, 0.1) is 5.92 Å². The predicted molar refractivity (Wildman–Crippen MR) is 98.1 cm³/mol. The van der Waals surface area contributed by atoms with Gasteiger partial charge in [0.1, 0.15) is 0 Å². The van der Waals surface area contributed by atoms with E-state index in [1.54, 1.807) is 11.8 Å². The van der Waals surface area contributed by atoms with Crippen LogP contribution in [0.4, 0.5) is 4.79 Å². The normalized spacial score (nSPS) is 22.5. The summed E-state index contributed by atoms with van der Waals surface area (Å²) in [6.45, 7) is 9.56. The summed E-state index contributed by atoms with van der Waals surface area (Å²) in [6, 6.07) is 0.345. The molecule has 0 aromatic rings. The number of rotatable bonds is 6. The number of amides is 2. The van der Waals surface area contributed by atoms with Crippen LogP contribution >= 0.6 is 0 Å². The molecule has 5 heteroatoms. The van der Waals surface area contributed by atoms with Crippen LogP contribution in [0.25, 0.3) is 0 Å². The molecule has 1 aliphatic heterocycles. The summed E-state index contributed by atoms with van der Waals surface area (Å²) in [4.78, 5) is 16.8. The van der Waals surface area contributed by atoms with Crippen molar-refractivity contribution in [1.82, 2.24) is 15.1 Å². The van der Waals surface area contributed by atoms with Crippen molar-refractivity contribution in [3.8, 4) is 0 Å². The van der Waals surface area contributed by atoms with E-state index in [0.29, 0.717) is 6.54 Å². The molecule has 1 saturated carbocycles. The van der Waals surface area contributed by atoms with Crippen LogP contribution in [-0.2, 0) is 0 Å². The summed E-state index contributed by atoms with van der Waals surface area (Å²) in [5, 5.41) is 12.8. The van der Waals surface area contributed by atoms with Gasteiger partial charge in [0, 0.05) is 38.3 Å². The molecule has 0 aromatic heterocycles. The van der Waals surface area contributed by atoms with E-state index in [4.69, 9.17) is 0 Å². The van der Waals surface area contributed by atoms with Crippen molar-refractivity contribution >= 4 is 6.03 Å². The first kappa shape index (κ1) is 19.5. The van der Waals surface area contributed by atoms with Crippen LogP contribution in [0.2, 0.25) is 0 Å². The second kappa shape index (κ2) is 9.62. The molecule has 1 aliphatic carbocycles. The third-order valence-corrected chi connectivity index (χ3v) is 5.50. The number of nitrogens with one attached hydrogen (secondary N) is 1. The quantitative estimate of drug-likeness (QED) is 0.782. The fraction of sp³-hybridized carbons (Fsp3) is 0.947. The zero-order valence-corrected chi connectivity index (χ0v) is 15.8. The maximum absolute atomic E-state index is 12.5. The smallest absolute Gasteiger partial charge is 0.317 e. The van der Waals surface area contributed by atoms with Gasteiger partial charge in [0.05, 0.1) is 6.10 Å². The maximum atomic E-state index is 12.5. The van der Waals surface area contributed by atoms with E-state index in [1.165, 1.54) is 38.6 Å². The molecule has 0 aromatic carbocycles. The molecule has 24 heavy (non-hydrogen) atoms. The molecule has 1 heterocycles. The highest BCUT2D eigenvalue weighted by atomic mass is 16.3. The van der Waals surface area contributed by atoms with Crippen molar-refractivity contribution in [2.45, 2.75) is 83.9 Å². The van der Waals surface area contributed by atoms with Crippen molar-refractivity contribution in [3.05, 3.63) is 0 Å². The summed E-state index contributed by atoms with van der Waals surface area (Å²) in [7, 11) is 0. The van der Waals surface area contributed by atoms with Gasteiger partial charge in [0.2, 0.25) is 0 Å². The standard InChI is InChI=1S/C19H37N3O2/c1-15(2)22(13-16(3)23)19(24)20-18-9-11-21(12-10-18)14-17-7-5-4-6-8-17/h15-18,23H,4-14H2,1-3H3,(H,20,24)/t16-/m0/s1. The minimum absolute atomic E-state index is 0.0309. The minimum Gasteiger partial charge on any atom is -0.392 e. The van der Waals surface area contributed by atoms with Crippen LogP contribution in [0.3, 0.4) is 0 Å². The van der Waals surface area contributed by atoms with Crippen LogP contribution in [0.1, 0.15) is 65.7 Å². The molecule has 1 atom stereocenters. The number of urea groups is 1. The second-order valence-corrected chi connectivity index (χ2v) is 8.12. The minimum atomic E-state index is -0.490. The summed E-state index contributed by atoms with van der Waals surface area (Å²) < 4.78 is 0. The third kappa shape index (κ3) is 6.25. The van der Waals surface area contributed by atoms with E-state index >= 15 is 0 Å². The van der Waals surface area contributed by atoms with Gasteiger partial charge in [-0.1, -0.05) is 19.3 Å². The first-order valence-electron chi connectivity index (χ1n) is 9.93. The molecule has 140 valence electrons. The van der Waals surface area contributed by atoms with Crippen LogP contribution in [0.5, 0.6) is 0 Å². The molecule has 2 rings (SSSR count). The number of piperidine rings is 1. The van der Waals surface area contributed by atoms with Crippen molar-refractivity contribution in [1.29, 1.82) is 0 Å². The maximum Gasteiger partial charge on any atom is 0.317 e. The molecule has 2 aliphatic rings. The molecule has 2 N–H and O–H groups in total. The van der Waals surface area contributed by atoms with E-state index in [1.807, 2.05) is 13.8 Å². The van der Waals surface area contributed by atoms with Crippen LogP contribution < -0.4 is 5.32 Å². The number of carbonyl (C=O) groups excluding carboxylic acids is 1. The molecule has 0 spiro atoms. The summed E-state index contributed by atoms with van der Waals surface area (Å²) in [5.41, 5.74) is 0. The van der Waals surface area contributed by atoms with Gasteiger partial charge < -0.3 is 20.2 Å². The van der Waals surface area contributed by atoms with E-state index in [2.05, 4.69) is 10.2 Å². The Labute approximate surface area is 147 Å². The zero-order chi connectivity index (χ0) is 17.5. The fourth-order valence-electron chi connectivity index (χ4n) is 4.07. The van der Waals surface area contributed by atoms with Crippen LogP contribution in [-0.4, -0.2) is 65.3 Å². The Morgan fingerprint density at radius 2 is 1.75 bits per heavy atom. The van der Waals surface area contributed by atoms with Gasteiger partial charge in [-0.3, -0.25) is 0 Å². The lowest BCUT2D eigenvalue weighted by Crippen LogP contribution is -2.52. The molecule has 1 saturated heterocycles. The summed E-state index contributed by atoms with van der Waals surface area (Å²) in [5.74, 6) is 0.896. The first-order chi connectivity index (χ1) is 11.5. The van der Waals surface area contributed by atoms with E-state index in [0.717, 1.165) is 31.8 Å². The Hall–Kier alpha value is -0.810. The summed E-state index contributed by atoms with van der Waals surface area (Å²) >= 11 is 0. The Kier molecular flexibility index (Phi) is 7.82. The number of hydrogen-bond donors (Lipinski definition) is 2. The molecule has 0 bridgehead atoms. The van der Waals surface area contributed by atoms with Crippen molar-refractivity contribution in [2.24, 2.45) is 5.92 Å². The van der Waals surface area contributed by atoms with Crippen molar-refractivity contribution in [2.75, 3.05) is 26.2 Å². The van der Waals surface area contributed by atoms with Gasteiger partial charge in [-0.05, 0) is 52.4 Å². The molecular weight excluding hydrogens is 302 g/mol. The second-order valence-electron chi connectivity index (χ2n) is 8.12. The number of likely N-dealkylation sites (tertiary alicyclic amines) is 1. The zero-order valence-electron chi connectivity index (χ0n) is 15.8. The Morgan fingerprint density at radius 3 is 2.29 bits per heavy atom. The largest absolute Gasteiger partial charge is 0.392 e. The van der Waals surface area contributed by atoms with E-state index in [-0.39, 0.29) is 18.1 Å². The number of aliphatic hydroxyl groups is 1. The average Bonchev–Trinajstić information content (AvgIpc) is 2.55. The van der Waals surface area contributed by atoms with Gasteiger partial charge in [-0.15, -0.1) is 0 Å².